The van der Waals surface area contributed by atoms with Gasteiger partial charge in [-0.1, -0.05) is 51.0 Å². The molecule has 0 radical (unpaired) electrons. The highest BCUT2D eigenvalue weighted by Gasteiger charge is 2.47. The van der Waals surface area contributed by atoms with Crippen LogP contribution in [0.3, 0.4) is 0 Å². The quantitative estimate of drug-likeness (QED) is 0.861. The SMILES string of the molecule is CC(C)Cc1cccc(CC2NCC23CCCC3)c1. The van der Waals surface area contributed by atoms with Gasteiger partial charge in [0.05, 0.1) is 0 Å². The maximum Gasteiger partial charge on any atom is 0.0176 e. The fourth-order valence-corrected chi connectivity index (χ4v) is 4.02. The number of benzene rings is 1. The van der Waals surface area contributed by atoms with E-state index in [0.29, 0.717) is 5.41 Å². The molecule has 1 heterocycles. The Balaban J connectivity index is 1.66. The van der Waals surface area contributed by atoms with Gasteiger partial charge in [-0.2, -0.15) is 0 Å². The summed E-state index contributed by atoms with van der Waals surface area (Å²) in [5.41, 5.74) is 3.70. The highest BCUT2D eigenvalue weighted by Crippen LogP contribution is 2.46. The molecule has 1 atom stereocenters. The molecule has 1 aliphatic heterocycles. The van der Waals surface area contributed by atoms with Crippen LogP contribution in [0.25, 0.3) is 0 Å². The van der Waals surface area contributed by atoms with Crippen LogP contribution in [-0.2, 0) is 12.8 Å². The first-order valence-corrected chi connectivity index (χ1v) is 7.99. The summed E-state index contributed by atoms with van der Waals surface area (Å²) in [5, 5.41) is 3.69. The van der Waals surface area contributed by atoms with E-state index in [4.69, 9.17) is 0 Å². The topological polar surface area (TPSA) is 12.0 Å². The van der Waals surface area contributed by atoms with Gasteiger partial charge < -0.3 is 5.32 Å². The van der Waals surface area contributed by atoms with E-state index in [-0.39, 0.29) is 0 Å². The van der Waals surface area contributed by atoms with Crippen LogP contribution in [0.4, 0.5) is 0 Å². The van der Waals surface area contributed by atoms with Gasteiger partial charge in [-0.25, -0.2) is 0 Å². The van der Waals surface area contributed by atoms with E-state index in [9.17, 15) is 0 Å². The number of rotatable bonds is 4. The Bertz CT molecular complexity index is 429. The highest BCUT2D eigenvalue weighted by atomic mass is 15.0. The van der Waals surface area contributed by atoms with E-state index < -0.39 is 0 Å². The lowest BCUT2D eigenvalue weighted by Gasteiger charge is -2.49. The third-order valence-electron chi connectivity index (χ3n) is 5.11. The largest absolute Gasteiger partial charge is 0.312 e. The van der Waals surface area contributed by atoms with Crippen LogP contribution in [0, 0.1) is 11.3 Å². The molecule has 19 heavy (non-hydrogen) atoms. The van der Waals surface area contributed by atoms with Gasteiger partial charge in [0, 0.05) is 12.6 Å². The van der Waals surface area contributed by atoms with Crippen molar-refractivity contribution in [3.05, 3.63) is 35.4 Å². The van der Waals surface area contributed by atoms with Crippen LogP contribution < -0.4 is 5.32 Å². The van der Waals surface area contributed by atoms with Crippen molar-refractivity contribution in [2.24, 2.45) is 11.3 Å². The van der Waals surface area contributed by atoms with Crippen molar-refractivity contribution in [1.82, 2.24) is 5.32 Å². The van der Waals surface area contributed by atoms with E-state index in [1.54, 1.807) is 0 Å². The van der Waals surface area contributed by atoms with Gasteiger partial charge in [0.15, 0.2) is 0 Å². The summed E-state index contributed by atoms with van der Waals surface area (Å²) in [5.74, 6) is 0.748. The summed E-state index contributed by atoms with van der Waals surface area (Å²) < 4.78 is 0. The Hall–Kier alpha value is -0.820. The van der Waals surface area contributed by atoms with Crippen molar-refractivity contribution < 1.29 is 0 Å². The van der Waals surface area contributed by atoms with Gasteiger partial charge in [-0.05, 0) is 48.1 Å². The van der Waals surface area contributed by atoms with E-state index in [2.05, 4.69) is 43.4 Å². The zero-order chi connectivity index (χ0) is 13.3. The van der Waals surface area contributed by atoms with Gasteiger partial charge >= 0.3 is 0 Å². The van der Waals surface area contributed by atoms with Gasteiger partial charge in [-0.3, -0.25) is 0 Å². The van der Waals surface area contributed by atoms with Crippen LogP contribution in [-0.4, -0.2) is 12.6 Å². The molecule has 1 saturated heterocycles. The van der Waals surface area contributed by atoms with Crippen molar-refractivity contribution in [2.45, 2.75) is 58.4 Å². The monoisotopic (exact) mass is 257 g/mol. The van der Waals surface area contributed by atoms with Crippen molar-refractivity contribution in [3.8, 4) is 0 Å². The van der Waals surface area contributed by atoms with Gasteiger partial charge in [0.1, 0.15) is 0 Å². The Morgan fingerprint density at radius 3 is 2.58 bits per heavy atom. The minimum atomic E-state index is 0.661. The van der Waals surface area contributed by atoms with E-state index in [0.717, 1.165) is 12.0 Å². The molecule has 1 aromatic carbocycles. The molecule has 1 saturated carbocycles. The molecule has 0 amide bonds. The smallest absolute Gasteiger partial charge is 0.0176 e. The summed E-state index contributed by atoms with van der Waals surface area (Å²) in [7, 11) is 0. The maximum atomic E-state index is 3.69. The van der Waals surface area contributed by atoms with Crippen molar-refractivity contribution >= 4 is 0 Å². The highest BCUT2D eigenvalue weighted by molar-refractivity contribution is 5.26. The second kappa shape index (κ2) is 5.28. The molecule has 2 fully saturated rings. The lowest BCUT2D eigenvalue weighted by atomic mass is 9.70. The van der Waals surface area contributed by atoms with E-state index >= 15 is 0 Å². The molecule has 1 nitrogen and oxygen atoms in total. The van der Waals surface area contributed by atoms with Crippen LogP contribution in [0.5, 0.6) is 0 Å². The molecule has 1 unspecified atom stereocenters. The molecule has 2 aliphatic rings. The lowest BCUT2D eigenvalue weighted by molar-refractivity contribution is 0.0894. The van der Waals surface area contributed by atoms with Gasteiger partial charge in [0.25, 0.3) is 0 Å². The number of nitrogens with one attached hydrogen (secondary N) is 1. The second-order valence-electron chi connectivity index (χ2n) is 7.13. The summed E-state index contributed by atoms with van der Waals surface area (Å²) in [6.45, 7) is 5.87. The van der Waals surface area contributed by atoms with E-state index in [1.807, 2.05) is 0 Å². The molecule has 0 bridgehead atoms. The molecular weight excluding hydrogens is 230 g/mol. The summed E-state index contributed by atoms with van der Waals surface area (Å²) in [6.07, 6.45) is 8.24. The molecular formula is C18H27N. The first-order valence-electron chi connectivity index (χ1n) is 7.99. The minimum absolute atomic E-state index is 0.661. The third kappa shape index (κ3) is 2.72. The Morgan fingerprint density at radius 2 is 1.95 bits per heavy atom. The van der Waals surface area contributed by atoms with Crippen molar-refractivity contribution in [1.29, 1.82) is 0 Å². The van der Waals surface area contributed by atoms with Crippen LogP contribution in [0.2, 0.25) is 0 Å². The molecule has 3 rings (SSSR count). The fraction of sp³-hybridized carbons (Fsp3) is 0.667. The predicted molar refractivity (Wildman–Crippen MR) is 81.4 cm³/mol. The Kier molecular flexibility index (Phi) is 3.66. The molecule has 1 spiro atoms. The van der Waals surface area contributed by atoms with Gasteiger partial charge in [-0.15, -0.1) is 0 Å². The fourth-order valence-electron chi connectivity index (χ4n) is 4.02. The normalized spacial score (nSPS) is 24.9. The van der Waals surface area contributed by atoms with Gasteiger partial charge in [0.2, 0.25) is 0 Å². The second-order valence-corrected chi connectivity index (χ2v) is 7.13. The number of hydrogen-bond acceptors (Lipinski definition) is 1. The summed E-state index contributed by atoms with van der Waals surface area (Å²) in [6, 6.07) is 10.0. The maximum absolute atomic E-state index is 3.69. The molecule has 1 aromatic rings. The average molecular weight is 257 g/mol. The summed E-state index contributed by atoms with van der Waals surface area (Å²) in [4.78, 5) is 0. The predicted octanol–water partition coefficient (Wildman–Crippen LogP) is 3.96. The zero-order valence-corrected chi connectivity index (χ0v) is 12.4. The number of hydrogen-bond donors (Lipinski definition) is 1. The standard InChI is InChI=1S/C18H27N/c1-14(2)10-15-6-5-7-16(11-15)12-17-18(13-19-17)8-3-4-9-18/h5-7,11,14,17,19H,3-4,8-10,12-13H2,1-2H3. The molecule has 0 aromatic heterocycles. The minimum Gasteiger partial charge on any atom is -0.312 e. The van der Waals surface area contributed by atoms with Crippen molar-refractivity contribution in [3.63, 3.8) is 0 Å². The molecule has 1 heteroatoms. The molecule has 104 valence electrons. The van der Waals surface area contributed by atoms with E-state index in [1.165, 1.54) is 56.2 Å². The average Bonchev–Trinajstić information content (AvgIpc) is 2.86. The van der Waals surface area contributed by atoms with Crippen molar-refractivity contribution in [2.75, 3.05) is 6.54 Å². The lowest BCUT2D eigenvalue weighted by Crippen LogP contribution is -2.62. The summed E-state index contributed by atoms with van der Waals surface area (Å²) >= 11 is 0. The first-order chi connectivity index (χ1) is 9.18. The van der Waals surface area contributed by atoms with Crippen LogP contribution >= 0.6 is 0 Å². The Morgan fingerprint density at radius 1 is 1.21 bits per heavy atom. The zero-order valence-electron chi connectivity index (χ0n) is 12.4. The Labute approximate surface area is 117 Å². The van der Waals surface area contributed by atoms with Crippen LogP contribution in [0.1, 0.15) is 50.7 Å². The first kappa shape index (κ1) is 13.2. The molecule has 1 N–H and O–H groups in total. The van der Waals surface area contributed by atoms with Crippen LogP contribution in [0.15, 0.2) is 24.3 Å². The molecule has 1 aliphatic carbocycles. The third-order valence-corrected chi connectivity index (χ3v) is 5.11.